The Hall–Kier alpha value is -10.5. The van der Waals surface area contributed by atoms with Crippen LogP contribution in [-0.4, -0.2) is 194 Å². The Labute approximate surface area is 767 Å². The second-order valence-electron chi connectivity index (χ2n) is 31.7. The molecule has 686 valence electrons. The number of hydrogen-bond acceptors (Lipinski definition) is 30. The molecule has 0 bridgehead atoms. The van der Waals surface area contributed by atoms with Gasteiger partial charge in [-0.15, -0.1) is 0 Å². The Bertz CT molecular complexity index is 6280. The van der Waals surface area contributed by atoms with Crippen molar-refractivity contribution in [3.8, 4) is 0 Å². The number of nitrogens with one attached hydrogen (secondary N) is 4. The van der Waals surface area contributed by atoms with Gasteiger partial charge in [0.2, 0.25) is 19.6 Å². The van der Waals surface area contributed by atoms with E-state index in [2.05, 4.69) is 81.2 Å². The molecule has 10 aromatic rings. The predicted octanol–water partition coefficient (Wildman–Crippen LogP) is 10.3. The van der Waals surface area contributed by atoms with Crippen LogP contribution < -0.4 is 49.0 Å². The summed E-state index contributed by atoms with van der Waals surface area (Å²) >= 11 is 19.0. The molecule has 4 aliphatic heterocycles. The number of aliphatic hydroxyl groups is 1. The maximum atomic E-state index is 14.6. The van der Waals surface area contributed by atoms with Gasteiger partial charge in [-0.3, -0.25) is 42.4 Å². The van der Waals surface area contributed by atoms with Gasteiger partial charge in [0.25, 0.3) is 31.6 Å². The van der Waals surface area contributed by atoms with E-state index in [-0.39, 0.29) is 99.3 Å². The summed E-state index contributed by atoms with van der Waals surface area (Å²) in [5.41, 5.74) is -0.816. The zero-order valence-electron chi connectivity index (χ0n) is 71.6. The third kappa shape index (κ3) is 23.1. The largest absolute Gasteiger partial charge is 0.402 e. The normalized spacial score (nSPS) is 22.2. The molecule has 15 atom stereocenters. The average molecular weight is 1920 g/mol. The van der Waals surface area contributed by atoms with Crippen LogP contribution in [0.15, 0.2) is 202 Å². The first-order valence-electron chi connectivity index (χ1n) is 41.5. The maximum Gasteiger partial charge on any atom is 0.351 e. The Balaban J connectivity index is 0.802. The zero-order chi connectivity index (χ0) is 92.8. The summed E-state index contributed by atoms with van der Waals surface area (Å²) in [6.45, 7) is 17.7. The fourth-order valence-electron chi connectivity index (χ4n) is 15.4. The molecule has 38 nitrogen and oxygen atoms in total. The van der Waals surface area contributed by atoms with E-state index >= 15 is 0 Å². The minimum atomic E-state index is -4.38. The van der Waals surface area contributed by atoms with E-state index in [4.69, 9.17) is 119 Å². The second-order valence-corrected chi connectivity index (χ2v) is 44.8. The molecule has 0 aliphatic carbocycles. The van der Waals surface area contributed by atoms with Crippen LogP contribution in [0, 0.1) is 40.5 Å². The van der Waals surface area contributed by atoms with Crippen molar-refractivity contribution >= 4 is 121 Å². The van der Waals surface area contributed by atoms with Crippen molar-refractivity contribution in [3.05, 3.63) is 292 Å². The molecule has 0 spiro atoms. The number of aromatic amines is 1. The van der Waals surface area contributed by atoms with Gasteiger partial charge >= 0.3 is 37.2 Å². The minimum absolute atomic E-state index is 0.0285. The summed E-state index contributed by atoms with van der Waals surface area (Å²) in [5, 5.41) is 20.3. The molecule has 5 aromatic carbocycles. The molecule has 0 radical (unpaired) electrons. The van der Waals surface area contributed by atoms with Crippen molar-refractivity contribution in [3.63, 3.8) is 0 Å². The SMILES string of the molecule is [C-]#[N+]CCOP(=S)(OC[C@H]1O[C@@H](n2cc(C)c(NC(=O)c3ccccc3)nc2=O)C[C@H]1O[Si](c1ccccc1)(c1ccccc1)C(C)(C)C)O[C@@H]1C[C@H](n2cc(C)c(NC(=O)c3ccccc3)nc2=O)O[C@@H]1COP(=S)(OCC[N+]#[C-])O[C@@H]1C[C@H](n2cnc3c(NC(=O)c4ccccc4)ncnc32)O[C@@H]1COP(=S)(OCC[N+]#[C-])O[C@@H]1C[C@H](n2cc(C)c(=O)[nH]c2=O)O[C@@H]1CO. The van der Waals surface area contributed by atoms with Crippen molar-refractivity contribution in [1.82, 2.24) is 48.2 Å². The Morgan fingerprint density at radius 2 is 0.847 bits per heavy atom. The molecule has 3 amide bonds. The fourth-order valence-corrected chi connectivity index (χ4v) is 26.5. The highest BCUT2D eigenvalue weighted by molar-refractivity contribution is 8.08. The topological polar surface area (TPSA) is 418 Å². The molecular formula is C86H93N16O22P3S3Si. The summed E-state index contributed by atoms with van der Waals surface area (Å²) in [7, 11) is -3.53. The maximum absolute atomic E-state index is 14.6. The number of carbonyl (C=O) groups excluding carboxylic acids is 3. The predicted molar refractivity (Wildman–Crippen MR) is 492 cm³/mol. The van der Waals surface area contributed by atoms with Gasteiger partial charge in [-0.1, -0.05) is 136 Å². The number of aromatic nitrogens is 10. The number of H-pyrrole nitrogens is 1. The first-order valence-corrected chi connectivity index (χ1v) is 51.1. The lowest BCUT2D eigenvalue weighted by Gasteiger charge is -2.45. The lowest BCUT2D eigenvalue weighted by atomic mass is 10.2. The quantitative estimate of drug-likeness (QED) is 0.0103. The molecule has 14 rings (SSSR count). The molecule has 9 heterocycles. The summed E-state index contributed by atoms with van der Waals surface area (Å²) < 4.78 is 99.8. The van der Waals surface area contributed by atoms with Gasteiger partial charge in [0, 0.05) is 77.7 Å². The number of aliphatic hydroxyl groups excluding tert-OH is 1. The highest BCUT2D eigenvalue weighted by Gasteiger charge is 2.55. The highest BCUT2D eigenvalue weighted by Crippen LogP contribution is 2.59. The number of anilines is 3. The van der Waals surface area contributed by atoms with Crippen molar-refractivity contribution in [2.24, 2.45) is 0 Å². The number of amides is 3. The van der Waals surface area contributed by atoms with Gasteiger partial charge in [-0.2, -0.15) is 9.97 Å². The third-order valence-corrected chi connectivity index (χ3v) is 34.0. The van der Waals surface area contributed by atoms with Crippen molar-refractivity contribution in [2.45, 2.75) is 146 Å². The third-order valence-electron chi connectivity index (χ3n) is 21.8. The van der Waals surface area contributed by atoms with Gasteiger partial charge in [0.1, 0.15) is 87.1 Å². The highest BCUT2D eigenvalue weighted by atomic mass is 32.5. The number of rotatable bonds is 39. The second kappa shape index (κ2) is 43.0. The van der Waals surface area contributed by atoms with Crippen LogP contribution in [0.4, 0.5) is 17.5 Å². The Morgan fingerprint density at radius 3 is 1.25 bits per heavy atom. The van der Waals surface area contributed by atoms with E-state index in [9.17, 15) is 38.7 Å². The average Bonchev–Trinajstić information content (AvgIpc) is 1.53. The van der Waals surface area contributed by atoms with Crippen LogP contribution in [0.1, 0.15) is 119 Å². The fraction of sp³-hybridized carbons (Fsp3) is 0.384. The van der Waals surface area contributed by atoms with E-state index in [1.807, 2.05) is 60.7 Å². The van der Waals surface area contributed by atoms with Gasteiger partial charge in [0.15, 0.2) is 17.0 Å². The van der Waals surface area contributed by atoms with Crippen LogP contribution in [0.2, 0.25) is 5.04 Å². The first kappa shape index (κ1) is 96.6. The number of aryl methyl sites for hydroxylation is 3. The van der Waals surface area contributed by atoms with Gasteiger partial charge < -0.3 is 99.7 Å². The summed E-state index contributed by atoms with van der Waals surface area (Å²) in [6.07, 6.45) is -7.71. The molecule has 4 saturated heterocycles. The number of ether oxygens (including phenoxy) is 4. The number of fused-ring (bicyclic) bond motifs is 1. The number of imidazole rings is 1. The van der Waals surface area contributed by atoms with Gasteiger partial charge in [-0.05, 0) is 108 Å². The lowest BCUT2D eigenvalue weighted by molar-refractivity contribution is -0.0585. The van der Waals surface area contributed by atoms with Crippen LogP contribution in [-0.2, 0) is 99.5 Å². The molecule has 45 heteroatoms. The van der Waals surface area contributed by atoms with E-state index in [1.165, 1.54) is 41.1 Å². The zero-order valence-corrected chi connectivity index (χ0v) is 77.7. The summed E-state index contributed by atoms with van der Waals surface area (Å²) in [4.78, 5) is 131. The molecular weight excluding hydrogens is 1830 g/mol. The molecule has 0 saturated carbocycles. The number of carbonyl (C=O) groups is 3. The molecule has 4 aliphatic rings. The van der Waals surface area contributed by atoms with Crippen LogP contribution in [0.3, 0.4) is 0 Å². The minimum Gasteiger partial charge on any atom is -0.402 e. The van der Waals surface area contributed by atoms with Crippen LogP contribution in [0.5, 0.6) is 0 Å². The number of hydrogen-bond donors (Lipinski definition) is 5. The van der Waals surface area contributed by atoms with E-state index in [0.717, 1.165) is 14.9 Å². The van der Waals surface area contributed by atoms with E-state index in [0.29, 0.717) is 27.8 Å². The molecule has 5 N–H and O–H groups in total. The van der Waals surface area contributed by atoms with Crippen molar-refractivity contribution < 1.29 is 83.6 Å². The summed E-state index contributed by atoms with van der Waals surface area (Å²) in [5.74, 6) is -1.49. The van der Waals surface area contributed by atoms with Gasteiger partial charge in [-0.25, -0.2) is 49.1 Å². The van der Waals surface area contributed by atoms with E-state index in [1.54, 1.807) is 116 Å². The smallest absolute Gasteiger partial charge is 0.351 e. The van der Waals surface area contributed by atoms with Crippen molar-refractivity contribution in [2.75, 3.05) is 81.8 Å². The van der Waals surface area contributed by atoms with Crippen LogP contribution in [0.25, 0.3) is 25.7 Å². The molecule has 4 fully saturated rings. The Kier molecular flexibility index (Phi) is 31.7. The van der Waals surface area contributed by atoms with Crippen LogP contribution >= 0.6 is 20.2 Å². The Morgan fingerprint density at radius 1 is 0.489 bits per heavy atom. The standard InChI is InChI=1S/C86H93N16O22P3S3Si/c1-54-45-99(83(108)96-75(54)93-80(105)57-25-15-10-16-26-57)71-42-63(122-127(130,113-40-37-89-9)116-51-69-65(124-131(86(4,5)6,60-31-21-13-22-32-60)61-33-23-14-24-34-61)44-72(120-69)100-46-55(2)76(97-84(100)109)94-81(106)58-27-17-11-18-28-58)67(118-71)49-115-126(129,112-39-36-88-8)123-64-43-73(102-53-92-74-77(90-52-91-78(74)102)95-82(107)59-29-19-12-20-30-59)119-68(64)50-114-125(128,111-38-35-87-7)121-62-41-70(117-66(62)48-103)101-47-56(3)79(104)98-85(101)110/h10-34,45-47,52-53,62-73,103H,35-44,48-51H2,1-6H3,(H,98,104,110)(H,90,91,95,107)(H,93,96,105,108)(H,94,97,106,109)/t62-,63-,64-,65-,66-,67-,68-,69-,70-,71-,72-,73-,125?,126?,127?/m1/s1. The summed E-state index contributed by atoms with van der Waals surface area (Å²) in [6, 6.07) is 44.9. The van der Waals surface area contributed by atoms with E-state index < -0.39 is 174 Å². The number of nitrogens with zero attached hydrogens (tertiary/aromatic N) is 12. The molecule has 131 heavy (non-hydrogen) atoms. The lowest BCUT2D eigenvalue weighted by Crippen LogP contribution is -2.68. The monoisotopic (exact) mass is 1920 g/mol. The number of benzene rings is 5. The molecule has 5 aromatic heterocycles. The molecule has 3 unspecified atom stereocenters. The van der Waals surface area contributed by atoms with Gasteiger partial charge in [0.05, 0.1) is 57.2 Å². The first-order chi connectivity index (χ1) is 63.0. The van der Waals surface area contributed by atoms with Crippen molar-refractivity contribution in [1.29, 1.82) is 0 Å².